The van der Waals surface area contributed by atoms with E-state index >= 15 is 0 Å². The second-order valence-corrected chi connectivity index (χ2v) is 6.31. The number of hydrogen-bond donors (Lipinski definition) is 1. The van der Waals surface area contributed by atoms with Crippen molar-refractivity contribution in [3.8, 4) is 0 Å². The van der Waals surface area contributed by atoms with Gasteiger partial charge in [0.25, 0.3) is 0 Å². The molecule has 1 aliphatic heterocycles. The van der Waals surface area contributed by atoms with Gasteiger partial charge >= 0.3 is 12.1 Å². The average Bonchev–Trinajstić information content (AvgIpc) is 2.68. The summed E-state index contributed by atoms with van der Waals surface area (Å²) in [6, 6.07) is -0.265. The molecule has 20 heavy (non-hydrogen) atoms. The van der Waals surface area contributed by atoms with Gasteiger partial charge in [0.2, 0.25) is 6.10 Å². The number of nitrogens with one attached hydrogen (secondary N) is 1. The van der Waals surface area contributed by atoms with E-state index in [2.05, 4.69) is 12.2 Å². The van der Waals surface area contributed by atoms with Gasteiger partial charge in [0, 0.05) is 0 Å². The van der Waals surface area contributed by atoms with E-state index < -0.39 is 23.8 Å². The Kier molecular flexibility index (Phi) is 6.30. The Morgan fingerprint density at radius 2 is 1.90 bits per heavy atom. The molecule has 5 heteroatoms. The molecule has 5 nitrogen and oxygen atoms in total. The summed E-state index contributed by atoms with van der Waals surface area (Å²) < 4.78 is 10.3. The van der Waals surface area contributed by atoms with Gasteiger partial charge in [0.15, 0.2) is 0 Å². The van der Waals surface area contributed by atoms with Crippen LogP contribution in [0.3, 0.4) is 0 Å². The zero-order valence-corrected chi connectivity index (χ0v) is 13.0. The molecule has 0 aromatic carbocycles. The molecule has 0 aromatic rings. The standard InChI is InChI=1S/C15H27NO4/c1-5-6-7-8-9-10-11-12(19-14(18)16-11)13(17)20-15(2,3)4/h11-12H,5-10H2,1-4H3,(H,16,18)/t11-,12-/m1/s1. The first-order chi connectivity index (χ1) is 9.33. The van der Waals surface area contributed by atoms with Gasteiger partial charge in [-0.25, -0.2) is 9.59 Å². The Morgan fingerprint density at radius 3 is 2.50 bits per heavy atom. The Bertz CT molecular complexity index is 335. The third-order valence-electron chi connectivity index (χ3n) is 3.16. The minimum atomic E-state index is -0.812. The minimum Gasteiger partial charge on any atom is -0.457 e. The van der Waals surface area contributed by atoms with E-state index in [0.717, 1.165) is 19.3 Å². The Morgan fingerprint density at radius 1 is 1.25 bits per heavy atom. The number of cyclic esters (lactones) is 1. The molecule has 1 fully saturated rings. The van der Waals surface area contributed by atoms with E-state index in [1.54, 1.807) is 20.8 Å². The van der Waals surface area contributed by atoms with E-state index in [1.165, 1.54) is 19.3 Å². The predicted octanol–water partition coefficient (Wildman–Crippen LogP) is 3.17. The van der Waals surface area contributed by atoms with Crippen LogP contribution in [0, 0.1) is 0 Å². The number of alkyl carbamates (subject to hydrolysis) is 1. The van der Waals surface area contributed by atoms with Crippen molar-refractivity contribution < 1.29 is 19.1 Å². The number of carbonyl (C=O) groups excluding carboxylic acids is 2. The lowest BCUT2D eigenvalue weighted by Crippen LogP contribution is -2.40. The highest BCUT2D eigenvalue weighted by Crippen LogP contribution is 2.19. The van der Waals surface area contributed by atoms with E-state index in [9.17, 15) is 9.59 Å². The van der Waals surface area contributed by atoms with Gasteiger partial charge in [-0.15, -0.1) is 0 Å². The average molecular weight is 285 g/mol. The molecular weight excluding hydrogens is 258 g/mol. The van der Waals surface area contributed by atoms with Crippen molar-refractivity contribution in [2.45, 2.75) is 84.0 Å². The summed E-state index contributed by atoms with van der Waals surface area (Å²) in [6.45, 7) is 7.57. The summed E-state index contributed by atoms with van der Waals surface area (Å²) >= 11 is 0. The van der Waals surface area contributed by atoms with Gasteiger partial charge in [-0.05, 0) is 27.2 Å². The van der Waals surface area contributed by atoms with Crippen molar-refractivity contribution in [1.29, 1.82) is 0 Å². The van der Waals surface area contributed by atoms with Crippen LogP contribution in [0.5, 0.6) is 0 Å². The lowest BCUT2D eigenvalue weighted by molar-refractivity contribution is -0.164. The van der Waals surface area contributed by atoms with Gasteiger partial charge in [-0.2, -0.15) is 0 Å². The van der Waals surface area contributed by atoms with Gasteiger partial charge in [0.05, 0.1) is 6.04 Å². The first kappa shape index (κ1) is 16.8. The van der Waals surface area contributed by atoms with Crippen LogP contribution in [0.2, 0.25) is 0 Å². The zero-order chi connectivity index (χ0) is 15.2. The maximum Gasteiger partial charge on any atom is 0.408 e. The van der Waals surface area contributed by atoms with Crippen LogP contribution in [0.1, 0.15) is 66.2 Å². The Labute approximate surface area is 121 Å². The first-order valence-electron chi connectivity index (χ1n) is 7.53. The number of rotatable bonds is 7. The number of unbranched alkanes of at least 4 members (excludes halogenated alkanes) is 4. The molecule has 0 aromatic heterocycles. The smallest absolute Gasteiger partial charge is 0.408 e. The van der Waals surface area contributed by atoms with Gasteiger partial charge < -0.3 is 14.8 Å². The van der Waals surface area contributed by atoms with Crippen LogP contribution in [0.4, 0.5) is 4.79 Å². The van der Waals surface area contributed by atoms with Crippen molar-refractivity contribution in [2.75, 3.05) is 0 Å². The Balaban J connectivity index is 2.43. The van der Waals surface area contributed by atoms with Crippen molar-refractivity contribution in [3.63, 3.8) is 0 Å². The van der Waals surface area contributed by atoms with Crippen LogP contribution in [-0.4, -0.2) is 29.8 Å². The highest BCUT2D eigenvalue weighted by molar-refractivity contribution is 5.83. The highest BCUT2D eigenvalue weighted by Gasteiger charge is 2.41. The topological polar surface area (TPSA) is 64.6 Å². The molecule has 0 unspecified atom stereocenters. The fourth-order valence-corrected chi connectivity index (χ4v) is 2.22. The molecule has 1 saturated heterocycles. The number of hydrogen-bond acceptors (Lipinski definition) is 4. The first-order valence-corrected chi connectivity index (χ1v) is 7.53. The van der Waals surface area contributed by atoms with Gasteiger partial charge in [0.1, 0.15) is 5.60 Å². The monoisotopic (exact) mass is 285 g/mol. The predicted molar refractivity (Wildman–Crippen MR) is 76.4 cm³/mol. The molecule has 1 N–H and O–H groups in total. The number of carbonyl (C=O) groups is 2. The molecule has 0 radical (unpaired) electrons. The van der Waals surface area contributed by atoms with E-state index in [1.807, 2.05) is 0 Å². The molecule has 116 valence electrons. The van der Waals surface area contributed by atoms with Crippen molar-refractivity contribution >= 4 is 12.1 Å². The van der Waals surface area contributed by atoms with Crippen LogP contribution in [0.15, 0.2) is 0 Å². The lowest BCUT2D eigenvalue weighted by atomic mass is 10.0. The molecule has 0 spiro atoms. The summed E-state index contributed by atoms with van der Waals surface area (Å²) in [5.41, 5.74) is -0.572. The summed E-state index contributed by atoms with van der Waals surface area (Å²) in [4.78, 5) is 23.3. The summed E-state index contributed by atoms with van der Waals surface area (Å²) in [6.07, 6.45) is 5.11. The Hall–Kier alpha value is -1.26. The van der Waals surface area contributed by atoms with Crippen molar-refractivity contribution in [2.24, 2.45) is 0 Å². The van der Waals surface area contributed by atoms with Crippen LogP contribution < -0.4 is 5.32 Å². The van der Waals surface area contributed by atoms with E-state index in [-0.39, 0.29) is 6.04 Å². The SMILES string of the molecule is CCCCCCC[C@H]1NC(=O)O[C@H]1C(=O)OC(C)(C)C. The third-order valence-corrected chi connectivity index (χ3v) is 3.16. The molecule has 1 heterocycles. The van der Waals surface area contributed by atoms with Crippen LogP contribution in [0.25, 0.3) is 0 Å². The zero-order valence-electron chi connectivity index (χ0n) is 13.0. The number of amides is 1. The minimum absolute atomic E-state index is 0.265. The van der Waals surface area contributed by atoms with Gasteiger partial charge in [-0.1, -0.05) is 39.0 Å². The normalized spacial score (nSPS) is 22.3. The van der Waals surface area contributed by atoms with Crippen LogP contribution in [-0.2, 0) is 14.3 Å². The third kappa shape index (κ3) is 5.80. The summed E-state index contributed by atoms with van der Waals surface area (Å²) in [7, 11) is 0. The summed E-state index contributed by atoms with van der Waals surface area (Å²) in [5, 5.41) is 2.70. The fraction of sp³-hybridized carbons (Fsp3) is 0.867. The van der Waals surface area contributed by atoms with Crippen LogP contribution >= 0.6 is 0 Å². The maximum absolute atomic E-state index is 12.0. The maximum atomic E-state index is 12.0. The van der Waals surface area contributed by atoms with Gasteiger partial charge in [-0.3, -0.25) is 0 Å². The second kappa shape index (κ2) is 7.50. The second-order valence-electron chi connectivity index (χ2n) is 6.31. The van der Waals surface area contributed by atoms with E-state index in [0.29, 0.717) is 0 Å². The number of ether oxygens (including phenoxy) is 2. The quantitative estimate of drug-likeness (QED) is 0.576. The highest BCUT2D eigenvalue weighted by atomic mass is 16.6. The lowest BCUT2D eigenvalue weighted by Gasteiger charge is -2.23. The number of esters is 1. The molecule has 0 aliphatic carbocycles. The largest absolute Gasteiger partial charge is 0.457 e. The fourth-order valence-electron chi connectivity index (χ4n) is 2.22. The molecule has 1 rings (SSSR count). The molecule has 0 bridgehead atoms. The molecular formula is C15H27NO4. The van der Waals surface area contributed by atoms with E-state index in [4.69, 9.17) is 9.47 Å². The van der Waals surface area contributed by atoms with Crippen molar-refractivity contribution in [1.82, 2.24) is 5.32 Å². The molecule has 1 aliphatic rings. The summed E-state index contributed by atoms with van der Waals surface area (Å²) in [5.74, 6) is -0.464. The molecule has 1 amide bonds. The molecule has 2 atom stereocenters. The van der Waals surface area contributed by atoms with Crippen molar-refractivity contribution in [3.05, 3.63) is 0 Å². The molecule has 0 saturated carbocycles.